The van der Waals surface area contributed by atoms with Gasteiger partial charge in [-0.25, -0.2) is 19.9 Å². The van der Waals surface area contributed by atoms with Crippen LogP contribution in [0.25, 0.3) is 21.9 Å². The zero-order valence-electron chi connectivity index (χ0n) is 18.2. The van der Waals surface area contributed by atoms with Crippen molar-refractivity contribution in [2.45, 2.75) is 19.4 Å². The molecule has 1 aliphatic rings. The SMILES string of the molecule is CC=C(F)Oc1cc2ncnc(N3CCC(Oc4cnc5ccccc5n4)C3)c2cc1OC. The molecule has 0 aliphatic carbocycles. The van der Waals surface area contributed by atoms with E-state index in [4.69, 9.17) is 14.2 Å². The number of benzene rings is 2. The lowest BCUT2D eigenvalue weighted by atomic mass is 10.2. The summed E-state index contributed by atoms with van der Waals surface area (Å²) < 4.78 is 30.5. The van der Waals surface area contributed by atoms with Crippen molar-refractivity contribution in [2.24, 2.45) is 0 Å². The highest BCUT2D eigenvalue weighted by molar-refractivity contribution is 5.92. The monoisotopic (exact) mass is 447 g/mol. The van der Waals surface area contributed by atoms with Gasteiger partial charge in [0.05, 0.1) is 36.4 Å². The Balaban J connectivity index is 1.38. The van der Waals surface area contributed by atoms with Gasteiger partial charge in [0.2, 0.25) is 5.88 Å². The van der Waals surface area contributed by atoms with E-state index in [0.29, 0.717) is 23.7 Å². The molecular weight excluding hydrogens is 425 g/mol. The highest BCUT2D eigenvalue weighted by atomic mass is 19.1. The minimum atomic E-state index is -0.710. The molecule has 0 spiro atoms. The number of hydrogen-bond donors (Lipinski definition) is 0. The van der Waals surface area contributed by atoms with E-state index < -0.39 is 6.01 Å². The van der Waals surface area contributed by atoms with E-state index in [9.17, 15) is 4.39 Å². The zero-order valence-corrected chi connectivity index (χ0v) is 18.2. The molecule has 0 saturated carbocycles. The molecular formula is C24H22FN5O3. The Labute approximate surface area is 189 Å². The lowest BCUT2D eigenvalue weighted by Crippen LogP contribution is -2.25. The van der Waals surface area contributed by atoms with Crippen LogP contribution in [0.3, 0.4) is 0 Å². The second-order valence-corrected chi connectivity index (χ2v) is 7.58. The van der Waals surface area contributed by atoms with Gasteiger partial charge in [0, 0.05) is 24.4 Å². The van der Waals surface area contributed by atoms with Crippen LogP contribution in [0.2, 0.25) is 0 Å². The lowest BCUT2D eigenvalue weighted by Gasteiger charge is -2.20. The second kappa shape index (κ2) is 8.85. The number of aromatic nitrogens is 4. The van der Waals surface area contributed by atoms with Crippen molar-refractivity contribution in [3.63, 3.8) is 0 Å². The fourth-order valence-corrected chi connectivity index (χ4v) is 3.89. The van der Waals surface area contributed by atoms with Crippen LogP contribution >= 0.6 is 0 Å². The topological polar surface area (TPSA) is 82.5 Å². The van der Waals surface area contributed by atoms with Gasteiger partial charge in [-0.15, -0.1) is 0 Å². The number of rotatable bonds is 6. The molecule has 1 unspecified atom stereocenters. The molecule has 0 radical (unpaired) electrons. The molecule has 0 N–H and O–H groups in total. The van der Waals surface area contributed by atoms with Crippen LogP contribution in [-0.4, -0.2) is 46.2 Å². The van der Waals surface area contributed by atoms with Crippen LogP contribution in [0.1, 0.15) is 13.3 Å². The van der Waals surface area contributed by atoms with Crippen molar-refractivity contribution in [2.75, 3.05) is 25.1 Å². The molecule has 1 fully saturated rings. The van der Waals surface area contributed by atoms with Crippen LogP contribution in [0.15, 0.2) is 61.0 Å². The third kappa shape index (κ3) is 4.21. The average Bonchev–Trinajstić information content (AvgIpc) is 3.31. The molecule has 168 valence electrons. The number of fused-ring (bicyclic) bond motifs is 2. The number of para-hydroxylation sites is 2. The largest absolute Gasteiger partial charge is 0.493 e. The lowest BCUT2D eigenvalue weighted by molar-refractivity contribution is 0.216. The molecule has 3 heterocycles. The number of anilines is 1. The molecule has 8 nitrogen and oxygen atoms in total. The summed E-state index contributed by atoms with van der Waals surface area (Å²) in [6, 6.07) is 10.4. The van der Waals surface area contributed by atoms with E-state index in [1.807, 2.05) is 24.3 Å². The van der Waals surface area contributed by atoms with Crippen molar-refractivity contribution in [1.29, 1.82) is 0 Å². The minimum Gasteiger partial charge on any atom is -0.493 e. The molecule has 2 aromatic carbocycles. The molecule has 5 rings (SSSR count). The molecule has 33 heavy (non-hydrogen) atoms. The highest BCUT2D eigenvalue weighted by Gasteiger charge is 2.27. The standard InChI is InChI=1S/C24H22FN5O3/c1-3-22(25)33-21-11-19-16(10-20(21)31-2)24(28-14-27-19)30-9-8-15(13-30)32-23-12-26-17-6-4-5-7-18(17)29-23/h3-7,10-12,14-15H,8-9,13H2,1-2H3. The minimum absolute atomic E-state index is 0.0567. The van der Waals surface area contributed by atoms with Gasteiger partial charge < -0.3 is 19.1 Å². The first-order valence-electron chi connectivity index (χ1n) is 10.6. The van der Waals surface area contributed by atoms with Gasteiger partial charge in [-0.1, -0.05) is 12.1 Å². The van der Waals surface area contributed by atoms with Gasteiger partial charge >= 0.3 is 0 Å². The Hall–Kier alpha value is -4.01. The summed E-state index contributed by atoms with van der Waals surface area (Å²) in [5.41, 5.74) is 2.26. The van der Waals surface area contributed by atoms with Crippen molar-refractivity contribution in [3.05, 3.63) is 61.0 Å². The molecule has 4 aromatic rings. The molecule has 0 bridgehead atoms. The number of allylic oxidation sites excluding steroid dienone is 1. The van der Waals surface area contributed by atoms with E-state index in [2.05, 4.69) is 24.8 Å². The summed E-state index contributed by atoms with van der Waals surface area (Å²) in [6.07, 6.45) is 5.13. The number of methoxy groups -OCH3 is 1. The zero-order chi connectivity index (χ0) is 22.8. The van der Waals surface area contributed by atoms with E-state index in [0.717, 1.165) is 35.2 Å². The first kappa shape index (κ1) is 20.9. The maximum Gasteiger partial charge on any atom is 0.273 e. The van der Waals surface area contributed by atoms with Gasteiger partial charge in [0.15, 0.2) is 11.5 Å². The number of ether oxygens (including phenoxy) is 3. The summed E-state index contributed by atoms with van der Waals surface area (Å²) in [5, 5.41) is 0.786. The summed E-state index contributed by atoms with van der Waals surface area (Å²) in [4.78, 5) is 19.9. The maximum absolute atomic E-state index is 13.7. The van der Waals surface area contributed by atoms with Crippen LogP contribution in [-0.2, 0) is 0 Å². The first-order valence-corrected chi connectivity index (χ1v) is 10.6. The summed E-state index contributed by atoms with van der Waals surface area (Å²) >= 11 is 0. The van der Waals surface area contributed by atoms with Gasteiger partial charge in [-0.2, -0.15) is 4.39 Å². The molecule has 2 aromatic heterocycles. The van der Waals surface area contributed by atoms with Gasteiger partial charge in [0.1, 0.15) is 18.2 Å². The smallest absolute Gasteiger partial charge is 0.273 e. The third-order valence-corrected chi connectivity index (χ3v) is 5.49. The Morgan fingerprint density at radius 1 is 1.09 bits per heavy atom. The van der Waals surface area contributed by atoms with Crippen LogP contribution in [0, 0.1) is 0 Å². The normalized spacial score (nSPS) is 16.4. The molecule has 1 atom stereocenters. The molecule has 1 aliphatic heterocycles. The van der Waals surface area contributed by atoms with E-state index >= 15 is 0 Å². The van der Waals surface area contributed by atoms with Crippen molar-refractivity contribution in [1.82, 2.24) is 19.9 Å². The second-order valence-electron chi connectivity index (χ2n) is 7.58. The summed E-state index contributed by atoms with van der Waals surface area (Å²) in [6.45, 7) is 2.94. The molecule has 0 amide bonds. The van der Waals surface area contributed by atoms with E-state index in [-0.39, 0.29) is 11.9 Å². The quantitative estimate of drug-likeness (QED) is 0.401. The molecule has 9 heteroatoms. The predicted octanol–water partition coefficient (Wildman–Crippen LogP) is 4.45. The highest BCUT2D eigenvalue weighted by Crippen LogP contribution is 2.37. The molecule has 1 saturated heterocycles. The van der Waals surface area contributed by atoms with Crippen molar-refractivity contribution < 1.29 is 18.6 Å². The third-order valence-electron chi connectivity index (χ3n) is 5.49. The van der Waals surface area contributed by atoms with Crippen molar-refractivity contribution in [3.8, 4) is 17.4 Å². The van der Waals surface area contributed by atoms with Crippen LogP contribution in [0.4, 0.5) is 10.2 Å². The van der Waals surface area contributed by atoms with Crippen LogP contribution < -0.4 is 19.1 Å². The Morgan fingerprint density at radius 3 is 2.76 bits per heavy atom. The first-order chi connectivity index (χ1) is 16.1. The number of hydrogen-bond acceptors (Lipinski definition) is 8. The van der Waals surface area contributed by atoms with Gasteiger partial charge in [-0.3, -0.25) is 0 Å². The Morgan fingerprint density at radius 2 is 1.94 bits per heavy atom. The van der Waals surface area contributed by atoms with E-state index in [1.165, 1.54) is 19.5 Å². The van der Waals surface area contributed by atoms with Gasteiger partial charge in [0.25, 0.3) is 6.01 Å². The fraction of sp³-hybridized carbons (Fsp3) is 0.250. The van der Waals surface area contributed by atoms with E-state index in [1.54, 1.807) is 25.3 Å². The summed E-state index contributed by atoms with van der Waals surface area (Å²) in [5.74, 6) is 1.91. The Bertz CT molecular complexity index is 1350. The predicted molar refractivity (Wildman–Crippen MR) is 122 cm³/mol. The Kier molecular flexibility index (Phi) is 5.60. The van der Waals surface area contributed by atoms with Crippen molar-refractivity contribution >= 4 is 27.8 Å². The average molecular weight is 447 g/mol. The maximum atomic E-state index is 13.7. The van der Waals surface area contributed by atoms with Crippen LogP contribution in [0.5, 0.6) is 17.4 Å². The summed E-state index contributed by atoms with van der Waals surface area (Å²) in [7, 11) is 1.51. The number of nitrogens with zero attached hydrogens (tertiary/aromatic N) is 5. The fourth-order valence-electron chi connectivity index (χ4n) is 3.89. The number of halogens is 1. The van der Waals surface area contributed by atoms with Gasteiger partial charge in [-0.05, 0) is 31.2 Å².